The Hall–Kier alpha value is -1.30. The predicted octanol–water partition coefficient (Wildman–Crippen LogP) is 2.17. The number of halogens is 1. The Balaban J connectivity index is 1.53. The average Bonchev–Trinajstić information content (AvgIpc) is 3.06. The molecule has 3 rings (SSSR count). The van der Waals surface area contributed by atoms with Gasteiger partial charge < -0.3 is 19.6 Å². The second kappa shape index (κ2) is 7.72. The van der Waals surface area contributed by atoms with E-state index in [1.54, 1.807) is 17.0 Å². The van der Waals surface area contributed by atoms with E-state index in [2.05, 4.69) is 4.90 Å². The highest BCUT2D eigenvalue weighted by Gasteiger charge is 2.37. The Morgan fingerprint density at radius 3 is 2.71 bits per heavy atom. The number of hydrogen-bond donors (Lipinski definition) is 1. The van der Waals surface area contributed by atoms with Crippen LogP contribution in [0.15, 0.2) is 24.3 Å². The summed E-state index contributed by atoms with van der Waals surface area (Å²) in [6.45, 7) is 3.75. The first-order valence-corrected chi connectivity index (χ1v) is 9.03. The van der Waals surface area contributed by atoms with Gasteiger partial charge in [0.25, 0.3) is 5.91 Å². The monoisotopic (exact) mass is 352 g/mol. The van der Waals surface area contributed by atoms with Crippen molar-refractivity contribution in [2.75, 3.05) is 39.3 Å². The van der Waals surface area contributed by atoms with E-state index in [4.69, 9.17) is 16.3 Å². The number of benzene rings is 1. The molecule has 2 aliphatic heterocycles. The molecule has 0 radical (unpaired) electrons. The lowest BCUT2D eigenvalue weighted by molar-refractivity contribution is -0.141. The van der Waals surface area contributed by atoms with Gasteiger partial charge in [-0.3, -0.25) is 4.79 Å². The number of ether oxygens (including phenoxy) is 1. The molecule has 24 heavy (non-hydrogen) atoms. The minimum Gasteiger partial charge on any atom is -0.482 e. The molecule has 1 amide bonds. The van der Waals surface area contributed by atoms with Gasteiger partial charge in [-0.05, 0) is 50.9 Å². The summed E-state index contributed by atoms with van der Waals surface area (Å²) >= 11 is 6.04. The summed E-state index contributed by atoms with van der Waals surface area (Å²) in [5, 5.41) is 11.4. The van der Waals surface area contributed by atoms with Crippen molar-refractivity contribution in [3.05, 3.63) is 29.3 Å². The van der Waals surface area contributed by atoms with E-state index in [0.717, 1.165) is 25.9 Å². The summed E-state index contributed by atoms with van der Waals surface area (Å²) in [7, 11) is 0. The van der Waals surface area contributed by atoms with Crippen LogP contribution in [0.4, 0.5) is 0 Å². The number of carbonyl (C=O) groups is 1. The van der Waals surface area contributed by atoms with E-state index in [1.165, 1.54) is 12.8 Å². The fourth-order valence-electron chi connectivity index (χ4n) is 3.60. The molecule has 2 aliphatic rings. The lowest BCUT2D eigenvalue weighted by atomic mass is 9.92. The number of likely N-dealkylation sites (tertiary alicyclic amines) is 2. The second-order valence-corrected chi connectivity index (χ2v) is 7.25. The van der Waals surface area contributed by atoms with E-state index in [0.29, 0.717) is 30.4 Å². The average molecular weight is 353 g/mol. The van der Waals surface area contributed by atoms with Gasteiger partial charge in [-0.25, -0.2) is 0 Å². The van der Waals surface area contributed by atoms with Crippen molar-refractivity contribution in [1.29, 1.82) is 0 Å². The Bertz CT molecular complexity index is 577. The van der Waals surface area contributed by atoms with Crippen LogP contribution in [-0.2, 0) is 4.79 Å². The van der Waals surface area contributed by atoms with Gasteiger partial charge in [0.1, 0.15) is 5.75 Å². The number of piperidine rings is 1. The van der Waals surface area contributed by atoms with Gasteiger partial charge in [0, 0.05) is 13.1 Å². The number of nitrogens with zero attached hydrogens (tertiary/aromatic N) is 2. The Morgan fingerprint density at radius 1 is 1.21 bits per heavy atom. The molecule has 1 N–H and O–H groups in total. The Labute approximate surface area is 148 Å². The fourth-order valence-corrected chi connectivity index (χ4v) is 3.79. The maximum Gasteiger partial charge on any atom is 0.260 e. The van der Waals surface area contributed by atoms with E-state index >= 15 is 0 Å². The Morgan fingerprint density at radius 2 is 1.96 bits per heavy atom. The van der Waals surface area contributed by atoms with Crippen LogP contribution in [0.5, 0.6) is 5.75 Å². The number of para-hydroxylation sites is 1. The van der Waals surface area contributed by atoms with Crippen molar-refractivity contribution >= 4 is 17.5 Å². The first kappa shape index (κ1) is 17.5. The van der Waals surface area contributed by atoms with E-state index in [9.17, 15) is 9.90 Å². The number of hydrogen-bond acceptors (Lipinski definition) is 4. The van der Waals surface area contributed by atoms with Crippen LogP contribution in [0.2, 0.25) is 5.02 Å². The number of rotatable bonds is 5. The summed E-state index contributed by atoms with van der Waals surface area (Å²) in [4.78, 5) is 16.5. The summed E-state index contributed by atoms with van der Waals surface area (Å²) in [6, 6.07) is 7.12. The summed E-state index contributed by atoms with van der Waals surface area (Å²) in [5.74, 6) is 0.409. The van der Waals surface area contributed by atoms with Gasteiger partial charge in [0.15, 0.2) is 6.61 Å². The molecule has 2 saturated heterocycles. The minimum atomic E-state index is -0.803. The maximum absolute atomic E-state index is 12.4. The highest BCUT2D eigenvalue weighted by molar-refractivity contribution is 6.32. The summed E-state index contributed by atoms with van der Waals surface area (Å²) in [6.07, 6.45) is 3.97. The van der Waals surface area contributed by atoms with Gasteiger partial charge in [-0.15, -0.1) is 0 Å². The van der Waals surface area contributed by atoms with Crippen LogP contribution in [0, 0.1) is 0 Å². The smallest absolute Gasteiger partial charge is 0.260 e. The minimum absolute atomic E-state index is 0.0521. The maximum atomic E-state index is 12.4. The third-order valence-electron chi connectivity index (χ3n) is 4.81. The highest BCUT2D eigenvalue weighted by Crippen LogP contribution is 2.25. The topological polar surface area (TPSA) is 53.0 Å². The number of β-amino-alcohol motifs (C(OH)–C–C–N with tert-alkyl or cyclic N) is 1. The van der Waals surface area contributed by atoms with E-state index in [-0.39, 0.29) is 12.5 Å². The van der Waals surface area contributed by atoms with E-state index < -0.39 is 5.60 Å². The normalized spacial score (nSPS) is 25.0. The highest BCUT2D eigenvalue weighted by atomic mass is 35.5. The van der Waals surface area contributed by atoms with Crippen LogP contribution < -0.4 is 4.74 Å². The van der Waals surface area contributed by atoms with Gasteiger partial charge in [-0.2, -0.15) is 0 Å². The number of amides is 1. The molecule has 6 heteroatoms. The van der Waals surface area contributed by atoms with Crippen LogP contribution in [-0.4, -0.2) is 65.7 Å². The molecule has 0 aliphatic carbocycles. The molecule has 1 atom stereocenters. The van der Waals surface area contributed by atoms with Gasteiger partial charge >= 0.3 is 0 Å². The summed E-state index contributed by atoms with van der Waals surface area (Å²) < 4.78 is 5.54. The van der Waals surface area contributed by atoms with Gasteiger partial charge in [0.05, 0.1) is 17.2 Å². The number of aliphatic hydroxyl groups is 1. The summed E-state index contributed by atoms with van der Waals surface area (Å²) in [5.41, 5.74) is -0.803. The van der Waals surface area contributed by atoms with Crippen LogP contribution in [0.25, 0.3) is 0 Å². The molecule has 2 heterocycles. The zero-order valence-corrected chi connectivity index (χ0v) is 14.7. The lowest BCUT2D eigenvalue weighted by Gasteiger charge is -2.41. The molecule has 0 aromatic heterocycles. The van der Waals surface area contributed by atoms with Crippen molar-refractivity contribution < 1.29 is 14.6 Å². The molecule has 5 nitrogen and oxygen atoms in total. The predicted molar refractivity (Wildman–Crippen MR) is 93.4 cm³/mol. The molecule has 0 unspecified atom stereocenters. The zero-order chi connectivity index (χ0) is 17.0. The van der Waals surface area contributed by atoms with Crippen molar-refractivity contribution in [1.82, 2.24) is 9.80 Å². The van der Waals surface area contributed by atoms with Crippen molar-refractivity contribution in [2.45, 2.75) is 31.3 Å². The van der Waals surface area contributed by atoms with E-state index in [1.807, 2.05) is 12.1 Å². The SMILES string of the molecule is O=C(COc1ccccc1Cl)N1CCC[C@](O)(CN2CCCC2)C1. The molecule has 0 spiro atoms. The zero-order valence-electron chi connectivity index (χ0n) is 13.9. The largest absolute Gasteiger partial charge is 0.482 e. The molecule has 2 fully saturated rings. The Kier molecular flexibility index (Phi) is 5.64. The molecular weight excluding hydrogens is 328 g/mol. The van der Waals surface area contributed by atoms with Crippen molar-refractivity contribution in [3.63, 3.8) is 0 Å². The quantitative estimate of drug-likeness (QED) is 0.882. The fraction of sp³-hybridized carbons (Fsp3) is 0.611. The van der Waals surface area contributed by atoms with Crippen molar-refractivity contribution in [3.8, 4) is 5.75 Å². The molecule has 132 valence electrons. The molecule has 1 aromatic rings. The van der Waals surface area contributed by atoms with Crippen LogP contribution >= 0.6 is 11.6 Å². The molecule has 1 aromatic carbocycles. The molecule has 0 saturated carbocycles. The van der Waals surface area contributed by atoms with Crippen molar-refractivity contribution in [2.24, 2.45) is 0 Å². The van der Waals surface area contributed by atoms with Crippen LogP contribution in [0.3, 0.4) is 0 Å². The van der Waals surface area contributed by atoms with Gasteiger partial charge in [-0.1, -0.05) is 23.7 Å². The third-order valence-corrected chi connectivity index (χ3v) is 5.12. The van der Waals surface area contributed by atoms with Crippen LogP contribution in [0.1, 0.15) is 25.7 Å². The first-order chi connectivity index (χ1) is 11.6. The molecular formula is C18H25ClN2O3. The second-order valence-electron chi connectivity index (χ2n) is 6.85. The number of carbonyl (C=O) groups excluding carboxylic acids is 1. The standard InChI is InChI=1S/C18H25ClN2O3/c19-15-6-1-2-7-16(15)24-12-17(22)21-11-5-8-18(23,14-21)13-20-9-3-4-10-20/h1-2,6-7,23H,3-5,8-14H2/t18-/m0/s1. The lowest BCUT2D eigenvalue weighted by Crippen LogP contribution is -2.56. The first-order valence-electron chi connectivity index (χ1n) is 8.66. The molecule has 0 bridgehead atoms. The van der Waals surface area contributed by atoms with Gasteiger partial charge in [0.2, 0.25) is 0 Å². The third kappa shape index (κ3) is 4.41.